The van der Waals surface area contributed by atoms with E-state index in [4.69, 9.17) is 11.5 Å². The Balaban J connectivity index is 2.24. The van der Waals surface area contributed by atoms with E-state index in [-0.39, 0.29) is 37.8 Å². The number of nitrogens with two attached hydrogens (primary N) is 2. The number of phenolic OH excluding ortho intramolecular Hbond substituents is 2. The molecule has 6 N–H and O–H groups in total. The molecule has 0 heterocycles. The minimum absolute atomic E-state index is 0.0139. The van der Waals surface area contributed by atoms with Gasteiger partial charge in [0.1, 0.15) is 0 Å². The van der Waals surface area contributed by atoms with Crippen molar-refractivity contribution in [3.05, 3.63) is 36.4 Å². The molecule has 0 aliphatic heterocycles. The van der Waals surface area contributed by atoms with Gasteiger partial charge in [-0.05, 0) is 0 Å². The summed E-state index contributed by atoms with van der Waals surface area (Å²) in [5.41, 5.74) is 12.2. The van der Waals surface area contributed by atoms with E-state index in [2.05, 4.69) is 0 Å². The van der Waals surface area contributed by atoms with Gasteiger partial charge in [-0.25, -0.2) is 0 Å². The SMILES string of the molecule is Nc1cc([As]=[As]c2ccc(O)c(N)c2)ccc1O. The molecule has 2 aromatic carbocycles. The van der Waals surface area contributed by atoms with Crippen molar-refractivity contribution in [2.24, 2.45) is 0 Å². The maximum atomic E-state index is 9.34. The Bertz CT molecular complexity index is 562. The molecule has 18 heavy (non-hydrogen) atoms. The number of anilines is 2. The van der Waals surface area contributed by atoms with Gasteiger partial charge in [0.05, 0.1) is 0 Å². The van der Waals surface area contributed by atoms with Crippen LogP contribution in [0.2, 0.25) is 0 Å². The van der Waals surface area contributed by atoms with Crippen LogP contribution in [0.4, 0.5) is 11.4 Å². The van der Waals surface area contributed by atoms with Crippen LogP contribution in [0.25, 0.3) is 0 Å². The van der Waals surface area contributed by atoms with Gasteiger partial charge in [-0.1, -0.05) is 0 Å². The predicted octanol–water partition coefficient (Wildman–Crippen LogP) is -0.464. The van der Waals surface area contributed by atoms with Crippen LogP contribution in [0.3, 0.4) is 0 Å². The van der Waals surface area contributed by atoms with Crippen molar-refractivity contribution in [3.8, 4) is 11.5 Å². The molecule has 0 aromatic heterocycles. The number of rotatable bonds is 2. The van der Waals surface area contributed by atoms with Gasteiger partial charge in [0.25, 0.3) is 0 Å². The molecule has 0 atom stereocenters. The Hall–Kier alpha value is -1.24. The second-order valence-electron chi connectivity index (χ2n) is 3.69. The third-order valence-electron chi connectivity index (χ3n) is 2.30. The van der Waals surface area contributed by atoms with E-state index in [9.17, 15) is 10.2 Å². The molecular weight excluding hydrogens is 354 g/mol. The van der Waals surface area contributed by atoms with Crippen LogP contribution in [0.15, 0.2) is 36.4 Å². The fraction of sp³-hybridized carbons (Fsp3) is 0. The average molecular weight is 366 g/mol. The van der Waals surface area contributed by atoms with Gasteiger partial charge in [0.2, 0.25) is 0 Å². The topological polar surface area (TPSA) is 92.5 Å². The molecule has 2 aromatic rings. The van der Waals surface area contributed by atoms with Gasteiger partial charge < -0.3 is 0 Å². The molecule has 0 saturated carbocycles. The van der Waals surface area contributed by atoms with E-state index in [1.807, 2.05) is 24.3 Å². The van der Waals surface area contributed by atoms with Gasteiger partial charge >= 0.3 is 116 Å². The number of hydrogen-bond acceptors (Lipinski definition) is 4. The van der Waals surface area contributed by atoms with Gasteiger partial charge in [-0.15, -0.1) is 0 Å². The molecule has 0 fully saturated rings. The number of aromatic hydroxyl groups is 2. The van der Waals surface area contributed by atoms with Crippen LogP contribution < -0.4 is 20.2 Å². The first-order valence-electron chi connectivity index (χ1n) is 5.15. The first kappa shape index (κ1) is 13.2. The minimum atomic E-state index is 0.0139. The molecule has 4 nitrogen and oxygen atoms in total. The molecule has 2 rings (SSSR count). The van der Waals surface area contributed by atoms with Crippen molar-refractivity contribution in [2.75, 3.05) is 11.5 Å². The first-order valence-corrected chi connectivity index (χ1v) is 12.2. The monoisotopic (exact) mass is 366 g/mol. The molecule has 0 aliphatic rings. The molecule has 0 radical (unpaired) electrons. The number of nitrogen functional groups attached to an aromatic ring is 2. The quantitative estimate of drug-likeness (QED) is 0.329. The van der Waals surface area contributed by atoms with Crippen LogP contribution >= 0.6 is 0 Å². The van der Waals surface area contributed by atoms with Crippen molar-refractivity contribution in [2.45, 2.75) is 0 Å². The van der Waals surface area contributed by atoms with E-state index >= 15 is 0 Å². The van der Waals surface area contributed by atoms with Crippen molar-refractivity contribution in [1.82, 2.24) is 0 Å². The number of hydrogen-bond donors (Lipinski definition) is 4. The van der Waals surface area contributed by atoms with Crippen LogP contribution in [0.5, 0.6) is 11.5 Å². The summed E-state index contributed by atoms with van der Waals surface area (Å²) in [6, 6.07) is 10.7. The van der Waals surface area contributed by atoms with E-state index in [1.165, 1.54) is 8.70 Å². The van der Waals surface area contributed by atoms with Crippen LogP contribution in [-0.2, 0) is 0 Å². The van der Waals surface area contributed by atoms with Crippen molar-refractivity contribution >= 4 is 46.4 Å². The van der Waals surface area contributed by atoms with E-state index < -0.39 is 0 Å². The van der Waals surface area contributed by atoms with Crippen LogP contribution in [0, 0.1) is 0 Å². The molecule has 0 spiro atoms. The number of phenols is 2. The van der Waals surface area contributed by atoms with Gasteiger partial charge in [0, 0.05) is 0 Å². The zero-order chi connectivity index (χ0) is 13.1. The average Bonchev–Trinajstić information content (AvgIpc) is 2.35. The Morgan fingerprint density at radius 3 is 1.44 bits per heavy atom. The summed E-state index contributed by atoms with van der Waals surface area (Å²) in [6.07, 6.45) is 0. The summed E-state index contributed by atoms with van der Waals surface area (Å²) in [7, 11) is 0. The predicted molar refractivity (Wildman–Crippen MR) is 75.8 cm³/mol. The second kappa shape index (κ2) is 5.60. The van der Waals surface area contributed by atoms with Crippen molar-refractivity contribution < 1.29 is 10.2 Å². The first-order chi connectivity index (χ1) is 8.56. The summed E-state index contributed by atoms with van der Waals surface area (Å²) < 4.78 is 2.38. The number of benzene rings is 2. The molecule has 0 aliphatic carbocycles. The van der Waals surface area contributed by atoms with Crippen LogP contribution in [-0.4, -0.2) is 36.5 Å². The summed E-state index contributed by atoms with van der Waals surface area (Å²) in [6.45, 7) is 0. The van der Waals surface area contributed by atoms with Crippen LogP contribution in [0.1, 0.15) is 0 Å². The third-order valence-corrected chi connectivity index (χ3v) is 10.8. The molecule has 6 heteroatoms. The van der Waals surface area contributed by atoms with E-state index in [0.29, 0.717) is 11.4 Å². The molecule has 0 bridgehead atoms. The molecule has 0 saturated heterocycles. The Kier molecular flexibility index (Phi) is 4.10. The third kappa shape index (κ3) is 3.15. The van der Waals surface area contributed by atoms with E-state index in [1.54, 1.807) is 12.1 Å². The van der Waals surface area contributed by atoms with Crippen molar-refractivity contribution in [3.63, 3.8) is 0 Å². The Morgan fingerprint density at radius 2 is 1.11 bits per heavy atom. The summed E-state index contributed by atoms with van der Waals surface area (Å²) in [5.74, 6) is 0.259. The summed E-state index contributed by atoms with van der Waals surface area (Å²) in [4.78, 5) is 0. The Labute approximate surface area is 116 Å². The fourth-order valence-electron chi connectivity index (χ4n) is 1.32. The molecule has 0 amide bonds. The summed E-state index contributed by atoms with van der Waals surface area (Å²) >= 11 is 0.0278. The van der Waals surface area contributed by atoms with Gasteiger partial charge in [-0.3, -0.25) is 0 Å². The second-order valence-corrected chi connectivity index (χ2v) is 11.1. The zero-order valence-corrected chi connectivity index (χ0v) is 13.2. The standard InChI is InChI=1S/C12H12As2N2O2/c15-9-5-7(1-3-11(9)17)13-14-8-2-4-12(18)10(16)6-8/h1-6,17-18H,15-16H2. The van der Waals surface area contributed by atoms with Crippen molar-refractivity contribution in [1.29, 1.82) is 0 Å². The Morgan fingerprint density at radius 1 is 0.722 bits per heavy atom. The van der Waals surface area contributed by atoms with Gasteiger partial charge in [-0.2, -0.15) is 0 Å². The fourth-order valence-corrected chi connectivity index (χ4v) is 8.46. The maximum absolute atomic E-state index is 9.34. The van der Waals surface area contributed by atoms with E-state index in [0.717, 1.165) is 0 Å². The molecule has 92 valence electrons. The summed E-state index contributed by atoms with van der Waals surface area (Å²) in [5, 5.41) is 18.7. The molecular formula is C12H12As2N2O2. The van der Waals surface area contributed by atoms with Gasteiger partial charge in [0.15, 0.2) is 0 Å². The molecule has 0 unspecified atom stereocenters. The normalized spacial score (nSPS) is 10.9. The zero-order valence-electron chi connectivity index (χ0n) is 9.41.